The molecule has 0 aliphatic heterocycles. The van der Waals surface area contributed by atoms with Gasteiger partial charge < -0.3 is 5.32 Å². The first-order valence-electron chi connectivity index (χ1n) is 6.86. The fraction of sp³-hybridized carbons (Fsp3) is 1.00. The van der Waals surface area contributed by atoms with Crippen LogP contribution in [-0.4, -0.2) is 45.4 Å². The lowest BCUT2D eigenvalue weighted by Gasteiger charge is -2.19. The van der Waals surface area contributed by atoms with E-state index in [9.17, 15) is 8.42 Å². The summed E-state index contributed by atoms with van der Waals surface area (Å²) in [4.78, 5) is 0. The molecule has 2 N–H and O–H groups in total. The summed E-state index contributed by atoms with van der Waals surface area (Å²) in [5.41, 5.74) is 0.210. The third-order valence-corrected chi connectivity index (χ3v) is 5.37. The Hall–Kier alpha value is -0.170. The van der Waals surface area contributed by atoms with Gasteiger partial charge in [0.2, 0.25) is 0 Å². The van der Waals surface area contributed by atoms with Gasteiger partial charge in [-0.2, -0.15) is 12.7 Å². The Kier molecular flexibility index (Phi) is 4.31. The molecule has 0 bridgehead atoms. The molecule has 2 aliphatic carbocycles. The zero-order valence-corrected chi connectivity index (χ0v) is 12.2. The Balaban J connectivity index is 1.63. The Morgan fingerprint density at radius 2 is 2.00 bits per heavy atom. The minimum Gasteiger partial charge on any atom is -0.314 e. The second kappa shape index (κ2) is 5.45. The average molecular weight is 275 g/mol. The summed E-state index contributed by atoms with van der Waals surface area (Å²) < 4.78 is 28.0. The number of nitrogens with zero attached hydrogens (tertiary/aromatic N) is 1. The van der Waals surface area contributed by atoms with E-state index in [0.29, 0.717) is 19.1 Å². The molecule has 0 amide bonds. The van der Waals surface area contributed by atoms with Crippen LogP contribution < -0.4 is 10.0 Å². The van der Waals surface area contributed by atoms with Gasteiger partial charge >= 0.3 is 0 Å². The van der Waals surface area contributed by atoms with E-state index < -0.39 is 10.2 Å². The molecule has 0 saturated heterocycles. The SMILES string of the molecule is CN(CCCNC1CC1)S(=O)(=O)NCC1(C)CC1. The van der Waals surface area contributed by atoms with E-state index in [4.69, 9.17) is 0 Å². The van der Waals surface area contributed by atoms with E-state index in [0.717, 1.165) is 25.8 Å². The largest absolute Gasteiger partial charge is 0.314 e. The van der Waals surface area contributed by atoms with Gasteiger partial charge in [0, 0.05) is 26.2 Å². The minimum atomic E-state index is -3.28. The number of nitrogens with one attached hydrogen (secondary N) is 2. The van der Waals surface area contributed by atoms with Crippen LogP contribution in [0.4, 0.5) is 0 Å². The lowest BCUT2D eigenvalue weighted by molar-refractivity contribution is 0.435. The lowest BCUT2D eigenvalue weighted by atomic mass is 10.2. The fourth-order valence-electron chi connectivity index (χ4n) is 1.78. The molecule has 2 saturated carbocycles. The highest BCUT2D eigenvalue weighted by molar-refractivity contribution is 7.87. The highest BCUT2D eigenvalue weighted by Crippen LogP contribution is 2.44. The van der Waals surface area contributed by atoms with Crippen LogP contribution >= 0.6 is 0 Å². The first-order valence-corrected chi connectivity index (χ1v) is 8.30. The molecule has 0 aromatic carbocycles. The molecule has 6 heteroatoms. The molecule has 0 aromatic rings. The van der Waals surface area contributed by atoms with Gasteiger partial charge in [-0.05, 0) is 44.1 Å². The molecule has 2 aliphatic rings. The van der Waals surface area contributed by atoms with Crippen molar-refractivity contribution in [2.24, 2.45) is 5.41 Å². The summed E-state index contributed by atoms with van der Waals surface area (Å²) >= 11 is 0. The molecule has 0 heterocycles. The second-order valence-electron chi connectivity index (χ2n) is 6.04. The first-order chi connectivity index (χ1) is 8.41. The van der Waals surface area contributed by atoms with Crippen LogP contribution in [0.2, 0.25) is 0 Å². The summed E-state index contributed by atoms with van der Waals surface area (Å²) in [5, 5.41) is 3.39. The summed E-state index contributed by atoms with van der Waals surface area (Å²) in [6.45, 7) is 4.17. The van der Waals surface area contributed by atoms with Crippen molar-refractivity contribution < 1.29 is 8.42 Å². The predicted molar refractivity (Wildman–Crippen MR) is 72.5 cm³/mol. The third kappa shape index (κ3) is 4.50. The normalized spacial score (nSPS) is 22.4. The van der Waals surface area contributed by atoms with Crippen molar-refractivity contribution in [1.82, 2.24) is 14.3 Å². The van der Waals surface area contributed by atoms with Gasteiger partial charge in [0.15, 0.2) is 0 Å². The molecule has 5 nitrogen and oxygen atoms in total. The molecule has 0 aromatic heterocycles. The zero-order chi connectivity index (χ0) is 13.2. The Bertz CT molecular complexity index is 375. The maximum absolute atomic E-state index is 11.9. The van der Waals surface area contributed by atoms with Crippen LogP contribution in [0.1, 0.15) is 39.0 Å². The van der Waals surface area contributed by atoms with E-state index in [1.165, 1.54) is 17.1 Å². The predicted octanol–water partition coefficient (Wildman–Crippen LogP) is 0.695. The van der Waals surface area contributed by atoms with Crippen LogP contribution in [0, 0.1) is 5.41 Å². The van der Waals surface area contributed by atoms with Crippen molar-refractivity contribution in [2.75, 3.05) is 26.7 Å². The number of rotatable bonds is 9. The van der Waals surface area contributed by atoms with Crippen molar-refractivity contribution in [1.29, 1.82) is 0 Å². The monoisotopic (exact) mass is 275 g/mol. The van der Waals surface area contributed by atoms with Crippen LogP contribution in [0.5, 0.6) is 0 Å². The third-order valence-electron chi connectivity index (χ3n) is 3.86. The van der Waals surface area contributed by atoms with Crippen molar-refractivity contribution in [3.63, 3.8) is 0 Å². The van der Waals surface area contributed by atoms with Crippen molar-refractivity contribution in [2.45, 2.75) is 45.1 Å². The molecule has 0 spiro atoms. The molecular formula is C12H25N3O2S. The van der Waals surface area contributed by atoms with E-state index in [-0.39, 0.29) is 5.41 Å². The zero-order valence-electron chi connectivity index (χ0n) is 11.4. The molecule has 2 fully saturated rings. The molecule has 0 atom stereocenters. The van der Waals surface area contributed by atoms with Crippen LogP contribution in [-0.2, 0) is 10.2 Å². The van der Waals surface area contributed by atoms with E-state index >= 15 is 0 Å². The maximum Gasteiger partial charge on any atom is 0.279 e. The minimum absolute atomic E-state index is 0.210. The van der Waals surface area contributed by atoms with Crippen LogP contribution in [0.15, 0.2) is 0 Å². The summed E-state index contributed by atoms with van der Waals surface area (Å²) in [7, 11) is -1.64. The van der Waals surface area contributed by atoms with Gasteiger partial charge in [-0.25, -0.2) is 4.72 Å². The smallest absolute Gasteiger partial charge is 0.279 e. The number of hydrogen-bond donors (Lipinski definition) is 2. The molecular weight excluding hydrogens is 250 g/mol. The van der Waals surface area contributed by atoms with Gasteiger partial charge in [0.25, 0.3) is 10.2 Å². The quantitative estimate of drug-likeness (QED) is 0.609. The fourth-order valence-corrected chi connectivity index (χ4v) is 2.90. The second-order valence-corrected chi connectivity index (χ2v) is 7.90. The lowest BCUT2D eigenvalue weighted by Crippen LogP contribution is -2.41. The van der Waals surface area contributed by atoms with Crippen molar-refractivity contribution in [3.05, 3.63) is 0 Å². The summed E-state index contributed by atoms with van der Waals surface area (Å²) in [6.07, 6.45) is 5.67. The Morgan fingerprint density at radius 3 is 2.56 bits per heavy atom. The number of hydrogen-bond acceptors (Lipinski definition) is 3. The Morgan fingerprint density at radius 1 is 1.33 bits per heavy atom. The molecule has 18 heavy (non-hydrogen) atoms. The average Bonchev–Trinajstić information content (AvgIpc) is 3.20. The van der Waals surface area contributed by atoms with Gasteiger partial charge in [-0.15, -0.1) is 0 Å². The Labute approximate surface area is 110 Å². The van der Waals surface area contributed by atoms with E-state index in [1.807, 2.05) is 0 Å². The van der Waals surface area contributed by atoms with Crippen molar-refractivity contribution >= 4 is 10.2 Å². The topological polar surface area (TPSA) is 61.4 Å². The van der Waals surface area contributed by atoms with Crippen LogP contribution in [0.3, 0.4) is 0 Å². The van der Waals surface area contributed by atoms with Gasteiger partial charge in [-0.3, -0.25) is 0 Å². The molecule has 106 valence electrons. The van der Waals surface area contributed by atoms with Crippen molar-refractivity contribution in [3.8, 4) is 0 Å². The summed E-state index contributed by atoms with van der Waals surface area (Å²) in [6, 6.07) is 0.694. The molecule has 2 rings (SSSR count). The molecule has 0 unspecified atom stereocenters. The van der Waals surface area contributed by atoms with Gasteiger partial charge in [0.1, 0.15) is 0 Å². The highest BCUT2D eigenvalue weighted by Gasteiger charge is 2.38. The highest BCUT2D eigenvalue weighted by atomic mass is 32.2. The van der Waals surface area contributed by atoms with E-state index in [1.54, 1.807) is 7.05 Å². The van der Waals surface area contributed by atoms with E-state index in [2.05, 4.69) is 17.0 Å². The summed E-state index contributed by atoms with van der Waals surface area (Å²) in [5.74, 6) is 0. The van der Waals surface area contributed by atoms with Gasteiger partial charge in [0.05, 0.1) is 0 Å². The standard InChI is InChI=1S/C12H25N3O2S/c1-12(6-7-12)10-14-18(16,17)15(2)9-3-8-13-11-4-5-11/h11,13-14H,3-10H2,1-2H3. The first kappa shape index (κ1) is 14.2. The van der Waals surface area contributed by atoms with Crippen LogP contribution in [0.25, 0.3) is 0 Å². The maximum atomic E-state index is 11.9. The van der Waals surface area contributed by atoms with Gasteiger partial charge in [-0.1, -0.05) is 6.92 Å². The molecule has 0 radical (unpaired) electrons.